The molecule has 0 spiro atoms. The van der Waals surface area contributed by atoms with Crippen LogP contribution in [-0.2, 0) is 11.3 Å². The normalized spacial score (nSPS) is 12.7. The molecule has 0 bridgehead atoms. The third-order valence-corrected chi connectivity index (χ3v) is 2.79. The van der Waals surface area contributed by atoms with Crippen molar-refractivity contribution in [3.63, 3.8) is 0 Å². The Hall–Kier alpha value is -1.35. The third-order valence-electron chi connectivity index (χ3n) is 2.79. The number of amides is 1. The fraction of sp³-hybridized carbons (Fsp3) is 0.462. The maximum Gasteiger partial charge on any atom is 0.234 e. The summed E-state index contributed by atoms with van der Waals surface area (Å²) in [4.78, 5) is 13.4. The van der Waals surface area contributed by atoms with Gasteiger partial charge in [0.15, 0.2) is 0 Å². The van der Waals surface area contributed by atoms with E-state index in [9.17, 15) is 4.79 Å². The van der Waals surface area contributed by atoms with Crippen molar-refractivity contribution in [2.24, 2.45) is 5.73 Å². The molecule has 1 aromatic rings. The second-order valence-corrected chi connectivity index (χ2v) is 3.88. The zero-order valence-electron chi connectivity index (χ0n) is 10.0. The lowest BCUT2D eigenvalue weighted by molar-refractivity contribution is -0.123. The molecule has 0 saturated heterocycles. The molecule has 0 heterocycles. The highest BCUT2D eigenvalue weighted by molar-refractivity contribution is 5.79. The minimum atomic E-state index is -0.236. The summed E-state index contributed by atoms with van der Waals surface area (Å²) in [5.41, 5.74) is 6.61. The quantitative estimate of drug-likeness (QED) is 0.794. The lowest BCUT2D eigenvalue weighted by Gasteiger charge is -2.27. The maximum atomic E-state index is 11.3. The lowest BCUT2D eigenvalue weighted by Crippen LogP contribution is -2.43. The van der Waals surface area contributed by atoms with Crippen molar-refractivity contribution in [1.29, 1.82) is 0 Å². The molecule has 1 atom stereocenters. The standard InChI is InChI=1S/C13H20N2O/c1-3-12(13(14)16)15(4-2)10-11-8-6-5-7-9-11/h5-9,12H,3-4,10H2,1-2H3,(H2,14,16). The van der Waals surface area contributed by atoms with Crippen LogP contribution in [0.25, 0.3) is 0 Å². The van der Waals surface area contributed by atoms with E-state index >= 15 is 0 Å². The van der Waals surface area contributed by atoms with Gasteiger partial charge in [0.2, 0.25) is 5.91 Å². The van der Waals surface area contributed by atoms with Crippen LogP contribution >= 0.6 is 0 Å². The van der Waals surface area contributed by atoms with Crippen molar-refractivity contribution in [3.8, 4) is 0 Å². The average molecular weight is 220 g/mol. The Balaban J connectivity index is 2.71. The highest BCUT2D eigenvalue weighted by Gasteiger charge is 2.20. The molecule has 1 unspecified atom stereocenters. The number of rotatable bonds is 6. The van der Waals surface area contributed by atoms with Crippen LogP contribution in [0.3, 0.4) is 0 Å². The van der Waals surface area contributed by atoms with Crippen LogP contribution in [0.5, 0.6) is 0 Å². The van der Waals surface area contributed by atoms with E-state index in [0.717, 1.165) is 19.5 Å². The second-order valence-electron chi connectivity index (χ2n) is 3.88. The first-order valence-corrected chi connectivity index (χ1v) is 5.76. The number of hydrogen-bond acceptors (Lipinski definition) is 2. The maximum absolute atomic E-state index is 11.3. The Bertz CT molecular complexity index is 324. The monoisotopic (exact) mass is 220 g/mol. The predicted octanol–water partition coefficient (Wildman–Crippen LogP) is 1.77. The SMILES string of the molecule is CCC(C(N)=O)N(CC)Cc1ccccc1. The lowest BCUT2D eigenvalue weighted by atomic mass is 10.1. The number of carbonyl (C=O) groups excluding carboxylic acids is 1. The summed E-state index contributed by atoms with van der Waals surface area (Å²) in [5, 5.41) is 0. The minimum Gasteiger partial charge on any atom is -0.368 e. The number of primary amides is 1. The van der Waals surface area contributed by atoms with Gasteiger partial charge in [-0.15, -0.1) is 0 Å². The third kappa shape index (κ3) is 3.35. The molecule has 16 heavy (non-hydrogen) atoms. The molecule has 0 aliphatic rings. The number of carbonyl (C=O) groups is 1. The Kier molecular flexibility index (Phi) is 4.99. The molecule has 1 rings (SSSR count). The van der Waals surface area contributed by atoms with E-state index < -0.39 is 0 Å². The zero-order valence-corrected chi connectivity index (χ0v) is 10.0. The van der Waals surface area contributed by atoms with Crippen LogP contribution < -0.4 is 5.73 Å². The van der Waals surface area contributed by atoms with Crippen LogP contribution in [0.15, 0.2) is 30.3 Å². The van der Waals surface area contributed by atoms with E-state index in [1.165, 1.54) is 5.56 Å². The smallest absolute Gasteiger partial charge is 0.234 e. The first-order chi connectivity index (χ1) is 7.69. The van der Waals surface area contributed by atoms with E-state index in [1.54, 1.807) is 0 Å². The van der Waals surface area contributed by atoms with Crippen molar-refractivity contribution in [1.82, 2.24) is 4.90 Å². The Morgan fingerprint density at radius 1 is 1.31 bits per heavy atom. The fourth-order valence-electron chi connectivity index (χ4n) is 1.90. The molecule has 0 aliphatic carbocycles. The summed E-state index contributed by atoms with van der Waals surface area (Å²) in [6.45, 7) is 5.65. The van der Waals surface area contributed by atoms with Gasteiger partial charge in [-0.2, -0.15) is 0 Å². The van der Waals surface area contributed by atoms with E-state index in [0.29, 0.717) is 0 Å². The van der Waals surface area contributed by atoms with Gasteiger partial charge in [-0.3, -0.25) is 9.69 Å². The van der Waals surface area contributed by atoms with Crippen molar-refractivity contribution >= 4 is 5.91 Å². The number of hydrogen-bond donors (Lipinski definition) is 1. The van der Waals surface area contributed by atoms with Gasteiger partial charge >= 0.3 is 0 Å². The molecule has 0 aliphatic heterocycles. The van der Waals surface area contributed by atoms with Crippen molar-refractivity contribution in [2.45, 2.75) is 32.9 Å². The topological polar surface area (TPSA) is 46.3 Å². The molecule has 3 nitrogen and oxygen atoms in total. The summed E-state index contributed by atoms with van der Waals surface area (Å²) in [7, 11) is 0. The molecule has 2 N–H and O–H groups in total. The predicted molar refractivity (Wildman–Crippen MR) is 65.8 cm³/mol. The number of benzene rings is 1. The van der Waals surface area contributed by atoms with Gasteiger partial charge in [-0.1, -0.05) is 44.2 Å². The highest BCUT2D eigenvalue weighted by Crippen LogP contribution is 2.10. The summed E-state index contributed by atoms with van der Waals surface area (Å²) >= 11 is 0. The van der Waals surface area contributed by atoms with E-state index in [4.69, 9.17) is 5.73 Å². The van der Waals surface area contributed by atoms with Gasteiger partial charge in [0, 0.05) is 6.54 Å². The molecular weight excluding hydrogens is 200 g/mol. The fourth-order valence-corrected chi connectivity index (χ4v) is 1.90. The van der Waals surface area contributed by atoms with Crippen molar-refractivity contribution < 1.29 is 4.79 Å². The molecule has 88 valence electrons. The molecule has 1 amide bonds. The van der Waals surface area contributed by atoms with Gasteiger partial charge in [0.1, 0.15) is 0 Å². The summed E-state index contributed by atoms with van der Waals surface area (Å²) in [5.74, 6) is -0.236. The Morgan fingerprint density at radius 3 is 2.38 bits per heavy atom. The molecule has 0 fully saturated rings. The Labute approximate surface area is 97.2 Å². The van der Waals surface area contributed by atoms with Crippen LogP contribution in [-0.4, -0.2) is 23.4 Å². The number of nitrogens with two attached hydrogens (primary N) is 1. The highest BCUT2D eigenvalue weighted by atomic mass is 16.1. The first-order valence-electron chi connectivity index (χ1n) is 5.76. The van der Waals surface area contributed by atoms with Crippen LogP contribution in [0, 0.1) is 0 Å². The van der Waals surface area contributed by atoms with E-state index in [1.807, 2.05) is 25.1 Å². The van der Waals surface area contributed by atoms with Gasteiger partial charge in [0.05, 0.1) is 6.04 Å². The number of likely N-dealkylation sites (N-methyl/N-ethyl adjacent to an activating group) is 1. The molecule has 3 heteroatoms. The summed E-state index contributed by atoms with van der Waals surface area (Å²) in [6.07, 6.45) is 0.760. The van der Waals surface area contributed by atoms with Gasteiger partial charge in [-0.25, -0.2) is 0 Å². The van der Waals surface area contributed by atoms with Crippen LogP contribution in [0.4, 0.5) is 0 Å². The molecule has 1 aromatic carbocycles. The van der Waals surface area contributed by atoms with Gasteiger partial charge in [-0.05, 0) is 18.5 Å². The minimum absolute atomic E-state index is 0.162. The van der Waals surface area contributed by atoms with Crippen molar-refractivity contribution in [2.75, 3.05) is 6.54 Å². The first kappa shape index (κ1) is 12.7. The zero-order chi connectivity index (χ0) is 12.0. The molecule has 0 saturated carbocycles. The Morgan fingerprint density at radius 2 is 1.94 bits per heavy atom. The summed E-state index contributed by atoms with van der Waals surface area (Å²) in [6, 6.07) is 9.98. The molecule has 0 radical (unpaired) electrons. The number of nitrogens with zero attached hydrogens (tertiary/aromatic N) is 1. The molecular formula is C13H20N2O. The average Bonchev–Trinajstić information content (AvgIpc) is 2.29. The van der Waals surface area contributed by atoms with Crippen molar-refractivity contribution in [3.05, 3.63) is 35.9 Å². The van der Waals surface area contributed by atoms with Gasteiger partial charge < -0.3 is 5.73 Å². The van der Waals surface area contributed by atoms with E-state index in [2.05, 4.69) is 24.0 Å². The molecule has 0 aromatic heterocycles. The summed E-state index contributed by atoms with van der Waals surface area (Å²) < 4.78 is 0. The van der Waals surface area contributed by atoms with Crippen LogP contribution in [0.2, 0.25) is 0 Å². The largest absolute Gasteiger partial charge is 0.368 e. The van der Waals surface area contributed by atoms with E-state index in [-0.39, 0.29) is 11.9 Å². The second kappa shape index (κ2) is 6.28. The van der Waals surface area contributed by atoms with Gasteiger partial charge in [0.25, 0.3) is 0 Å². The van der Waals surface area contributed by atoms with Crippen LogP contribution in [0.1, 0.15) is 25.8 Å².